The first-order valence-corrected chi connectivity index (χ1v) is 14.6. The summed E-state index contributed by atoms with van der Waals surface area (Å²) in [5.74, 6) is 0.459. The summed E-state index contributed by atoms with van der Waals surface area (Å²) in [6.07, 6.45) is 5.60. The predicted octanol–water partition coefficient (Wildman–Crippen LogP) is 3.48. The van der Waals surface area contributed by atoms with Gasteiger partial charge in [-0.15, -0.1) is 0 Å². The Morgan fingerprint density at radius 2 is 1.88 bits per heavy atom. The molecule has 2 aromatic heterocycles. The van der Waals surface area contributed by atoms with Crippen LogP contribution in [0.2, 0.25) is 0 Å². The normalized spacial score (nSPS) is 11.4. The maximum atomic E-state index is 12.3. The van der Waals surface area contributed by atoms with E-state index in [1.165, 1.54) is 10.8 Å². The summed E-state index contributed by atoms with van der Waals surface area (Å²) in [5.41, 5.74) is 3.84. The van der Waals surface area contributed by atoms with Gasteiger partial charge in [-0.1, -0.05) is 24.8 Å². The van der Waals surface area contributed by atoms with Crippen LogP contribution >= 0.6 is 0 Å². The Morgan fingerprint density at radius 3 is 2.56 bits per heavy atom. The number of benzene rings is 2. The van der Waals surface area contributed by atoms with Gasteiger partial charge < -0.3 is 25.2 Å². The summed E-state index contributed by atoms with van der Waals surface area (Å²) >= 11 is 0. The van der Waals surface area contributed by atoms with Crippen molar-refractivity contribution in [2.75, 3.05) is 68.0 Å². The zero-order chi connectivity index (χ0) is 29.7. The zero-order valence-corrected chi connectivity index (χ0v) is 24.5. The van der Waals surface area contributed by atoms with Crippen LogP contribution in [0, 0.1) is 0 Å². The van der Waals surface area contributed by atoms with Gasteiger partial charge in [-0.3, -0.25) is 9.47 Å². The number of nitrogens with one attached hydrogen (secondary N) is 3. The van der Waals surface area contributed by atoms with E-state index in [4.69, 9.17) is 9.72 Å². The summed E-state index contributed by atoms with van der Waals surface area (Å²) in [6, 6.07) is 12.8. The van der Waals surface area contributed by atoms with Crippen molar-refractivity contribution >= 4 is 49.8 Å². The Labute approximate surface area is 239 Å². The minimum Gasteiger partial charge on any atom is -0.494 e. The van der Waals surface area contributed by atoms with Crippen LogP contribution in [0.5, 0.6) is 5.75 Å². The maximum Gasteiger partial charge on any atom is 0.247 e. The van der Waals surface area contributed by atoms with E-state index < -0.39 is 10.0 Å². The van der Waals surface area contributed by atoms with Gasteiger partial charge in [-0.25, -0.2) is 23.2 Å². The Balaban J connectivity index is 1.73. The van der Waals surface area contributed by atoms with Crippen LogP contribution in [0.15, 0.2) is 67.5 Å². The molecule has 216 valence electrons. The molecule has 0 saturated heterocycles. The van der Waals surface area contributed by atoms with Gasteiger partial charge in [-0.2, -0.15) is 0 Å². The fourth-order valence-corrected chi connectivity index (χ4v) is 4.74. The fourth-order valence-electron chi connectivity index (χ4n) is 4.23. The number of fused-ring (bicyclic) bond motifs is 1. The molecule has 2 aromatic carbocycles. The lowest BCUT2D eigenvalue weighted by atomic mass is 10.1. The molecule has 3 N–H and O–H groups in total. The molecule has 0 spiro atoms. The molecule has 0 radical (unpaired) electrons. The number of anilines is 4. The lowest BCUT2D eigenvalue weighted by Crippen LogP contribution is -2.29. The molecule has 0 bridgehead atoms. The molecular weight excluding hydrogens is 544 g/mol. The molecule has 1 amide bonds. The number of methoxy groups -OCH3 is 1. The third-order valence-corrected chi connectivity index (χ3v) is 6.74. The summed E-state index contributed by atoms with van der Waals surface area (Å²) in [4.78, 5) is 28.0. The van der Waals surface area contributed by atoms with Gasteiger partial charge in [0.1, 0.15) is 5.75 Å². The van der Waals surface area contributed by atoms with Crippen molar-refractivity contribution in [1.82, 2.24) is 19.5 Å². The second-order valence-electron chi connectivity index (χ2n) is 9.67. The van der Waals surface area contributed by atoms with Gasteiger partial charge in [0.05, 0.1) is 41.6 Å². The van der Waals surface area contributed by atoms with E-state index >= 15 is 0 Å². The van der Waals surface area contributed by atoms with Crippen LogP contribution in [0.1, 0.15) is 0 Å². The van der Waals surface area contributed by atoms with E-state index in [1.54, 1.807) is 31.6 Å². The van der Waals surface area contributed by atoms with Crippen molar-refractivity contribution in [2.45, 2.75) is 0 Å². The molecule has 0 aliphatic carbocycles. The van der Waals surface area contributed by atoms with Gasteiger partial charge in [0.25, 0.3) is 0 Å². The van der Waals surface area contributed by atoms with Crippen LogP contribution in [0.4, 0.5) is 23.0 Å². The van der Waals surface area contributed by atoms with Gasteiger partial charge in [0, 0.05) is 49.5 Å². The van der Waals surface area contributed by atoms with Crippen molar-refractivity contribution < 1.29 is 17.9 Å². The molecule has 0 saturated carbocycles. The zero-order valence-electron chi connectivity index (χ0n) is 23.7. The highest BCUT2D eigenvalue weighted by atomic mass is 32.2. The third-order valence-electron chi connectivity index (χ3n) is 6.21. The number of rotatable bonds is 12. The molecule has 0 unspecified atom stereocenters. The first kappa shape index (κ1) is 29.4. The number of nitrogens with zero attached hydrogens (tertiary/aromatic N) is 5. The molecular formula is C28H34N8O4S. The number of para-hydroxylation sites is 1. The van der Waals surface area contributed by atoms with E-state index in [-0.39, 0.29) is 11.9 Å². The van der Waals surface area contributed by atoms with Crippen molar-refractivity contribution in [3.63, 3.8) is 0 Å². The highest BCUT2D eigenvalue weighted by Crippen LogP contribution is 2.38. The smallest absolute Gasteiger partial charge is 0.247 e. The molecule has 12 nitrogen and oxygen atoms in total. The molecule has 0 aliphatic heterocycles. The molecule has 4 rings (SSSR count). The minimum absolute atomic E-state index is 0.281. The lowest BCUT2D eigenvalue weighted by Gasteiger charge is -2.26. The molecule has 0 atom stereocenters. The average Bonchev–Trinajstić information content (AvgIpc) is 3.29. The Kier molecular flexibility index (Phi) is 8.79. The number of hydrogen-bond donors (Lipinski definition) is 3. The third kappa shape index (κ3) is 7.13. The Morgan fingerprint density at radius 1 is 1.12 bits per heavy atom. The topological polar surface area (TPSA) is 134 Å². The molecule has 0 fully saturated rings. The maximum absolute atomic E-state index is 12.3. The summed E-state index contributed by atoms with van der Waals surface area (Å²) in [5, 5.41) is 6.89. The second kappa shape index (κ2) is 12.3. The van der Waals surface area contributed by atoms with E-state index in [1.807, 2.05) is 56.4 Å². The highest BCUT2D eigenvalue weighted by Gasteiger charge is 2.18. The van der Waals surface area contributed by atoms with Crippen molar-refractivity contribution in [3.05, 3.63) is 67.5 Å². The first-order valence-electron chi connectivity index (χ1n) is 12.7. The summed E-state index contributed by atoms with van der Waals surface area (Å²) < 4.78 is 31.0. The number of likely N-dealkylation sites (N-methyl/N-ethyl adjacent to an activating group) is 2. The largest absolute Gasteiger partial charge is 0.494 e. The number of carbonyl (C=O) groups is 1. The number of aromatic nitrogens is 3. The van der Waals surface area contributed by atoms with Crippen molar-refractivity contribution in [2.24, 2.45) is 0 Å². The molecule has 4 aromatic rings. The van der Waals surface area contributed by atoms with E-state index in [2.05, 4.69) is 31.9 Å². The molecule has 13 heteroatoms. The monoisotopic (exact) mass is 578 g/mol. The van der Waals surface area contributed by atoms with Crippen LogP contribution in [0.3, 0.4) is 0 Å². The first-order chi connectivity index (χ1) is 19.5. The number of amides is 1. The van der Waals surface area contributed by atoms with Gasteiger partial charge in [-0.05, 0) is 38.4 Å². The fraction of sp³-hybridized carbons (Fsp3) is 0.250. The van der Waals surface area contributed by atoms with Gasteiger partial charge in [0.2, 0.25) is 21.9 Å². The van der Waals surface area contributed by atoms with Gasteiger partial charge in [0.15, 0.2) is 0 Å². The number of carbonyl (C=O) groups excluding carboxylic acids is 1. The number of sulfonamides is 1. The standard InChI is InChI=1S/C28H34N8O4S/c1-7-27(37)30-22-16-23(26(40-5)17-25(22)35(4)15-14-34(2)3)32-28-29-13-12-21(31-28)20-18-36(33-41(6,38)39)24-11-9-8-10-19(20)24/h7-13,16-18,33H,1,14-15H2,2-6H3,(H,30,37)(H,29,31,32). The van der Waals surface area contributed by atoms with Crippen LogP contribution in [-0.4, -0.2) is 81.5 Å². The van der Waals surface area contributed by atoms with Crippen molar-refractivity contribution in [1.29, 1.82) is 0 Å². The lowest BCUT2D eigenvalue weighted by molar-refractivity contribution is -0.111. The SMILES string of the molecule is C=CC(=O)Nc1cc(Nc2nccc(-c3cn(NS(C)(=O)=O)c4ccccc34)n2)c(OC)cc1N(C)CCN(C)C. The summed E-state index contributed by atoms with van der Waals surface area (Å²) in [7, 11) is 3.98. The summed E-state index contributed by atoms with van der Waals surface area (Å²) in [6.45, 7) is 5.09. The van der Waals surface area contributed by atoms with E-state index in [0.29, 0.717) is 40.4 Å². The molecule has 2 heterocycles. The molecule has 0 aliphatic rings. The van der Waals surface area contributed by atoms with Gasteiger partial charge >= 0.3 is 0 Å². The van der Waals surface area contributed by atoms with Crippen LogP contribution in [0.25, 0.3) is 22.2 Å². The van der Waals surface area contributed by atoms with Crippen LogP contribution in [-0.2, 0) is 14.8 Å². The van der Waals surface area contributed by atoms with E-state index in [0.717, 1.165) is 23.9 Å². The Bertz CT molecular complexity index is 1680. The second-order valence-corrected chi connectivity index (χ2v) is 11.4. The quantitative estimate of drug-likeness (QED) is 0.216. The Hall–Kier alpha value is -4.62. The predicted molar refractivity (Wildman–Crippen MR) is 164 cm³/mol. The molecule has 41 heavy (non-hydrogen) atoms. The number of hydrogen-bond acceptors (Lipinski definition) is 9. The average molecular weight is 579 g/mol. The van der Waals surface area contributed by atoms with E-state index in [9.17, 15) is 13.2 Å². The minimum atomic E-state index is -3.51. The highest BCUT2D eigenvalue weighted by molar-refractivity contribution is 7.91. The number of ether oxygens (including phenoxy) is 1. The van der Waals surface area contributed by atoms with Crippen molar-refractivity contribution in [3.8, 4) is 17.0 Å². The van der Waals surface area contributed by atoms with Crippen LogP contribution < -0.4 is 25.1 Å².